The molecule has 2 heteroatoms. The van der Waals surface area contributed by atoms with Crippen LogP contribution in [0.5, 0.6) is 5.75 Å². The first-order valence-corrected chi connectivity index (χ1v) is 5.81. The van der Waals surface area contributed by atoms with Crippen LogP contribution in [0.1, 0.15) is 22.8 Å². The van der Waals surface area contributed by atoms with Crippen LogP contribution >= 0.6 is 0 Å². The molecule has 86 valence electrons. The minimum absolute atomic E-state index is 0.493. The largest absolute Gasteiger partial charge is 0.489 e. The SMILES string of the molecule is OC1Cc2ccccc2COc2ccccc21. The molecule has 0 aliphatic carbocycles. The van der Waals surface area contributed by atoms with Gasteiger partial charge in [0, 0.05) is 12.0 Å². The van der Waals surface area contributed by atoms with E-state index in [-0.39, 0.29) is 0 Å². The van der Waals surface area contributed by atoms with Crippen molar-refractivity contribution in [2.24, 2.45) is 0 Å². The van der Waals surface area contributed by atoms with Crippen molar-refractivity contribution in [1.29, 1.82) is 0 Å². The fourth-order valence-electron chi connectivity index (χ4n) is 2.26. The smallest absolute Gasteiger partial charge is 0.125 e. The Morgan fingerprint density at radius 2 is 1.65 bits per heavy atom. The second-order valence-electron chi connectivity index (χ2n) is 4.32. The maximum atomic E-state index is 10.2. The summed E-state index contributed by atoms with van der Waals surface area (Å²) in [6.07, 6.45) is 0.156. The molecule has 3 rings (SSSR count). The normalized spacial score (nSPS) is 18.3. The van der Waals surface area contributed by atoms with Crippen LogP contribution in [-0.2, 0) is 13.0 Å². The van der Waals surface area contributed by atoms with E-state index in [2.05, 4.69) is 12.1 Å². The molecule has 0 aromatic heterocycles. The van der Waals surface area contributed by atoms with E-state index >= 15 is 0 Å². The van der Waals surface area contributed by atoms with Crippen molar-refractivity contribution in [3.8, 4) is 5.75 Å². The van der Waals surface area contributed by atoms with Gasteiger partial charge in [0.1, 0.15) is 12.4 Å². The van der Waals surface area contributed by atoms with Gasteiger partial charge in [-0.05, 0) is 17.2 Å². The number of rotatable bonds is 0. The highest BCUT2D eigenvalue weighted by molar-refractivity contribution is 5.39. The summed E-state index contributed by atoms with van der Waals surface area (Å²) in [5.41, 5.74) is 3.19. The number of benzene rings is 2. The summed E-state index contributed by atoms with van der Waals surface area (Å²) in [6, 6.07) is 15.8. The first-order chi connectivity index (χ1) is 8.34. The number of hydrogen-bond donors (Lipinski definition) is 1. The maximum Gasteiger partial charge on any atom is 0.125 e. The molecule has 2 aromatic carbocycles. The Balaban J connectivity index is 2.03. The van der Waals surface area contributed by atoms with Crippen LogP contribution in [0.15, 0.2) is 48.5 Å². The summed E-state index contributed by atoms with van der Waals surface area (Å²) >= 11 is 0. The molecule has 17 heavy (non-hydrogen) atoms. The van der Waals surface area contributed by atoms with E-state index in [1.807, 2.05) is 36.4 Å². The van der Waals surface area contributed by atoms with E-state index in [1.165, 1.54) is 0 Å². The predicted octanol–water partition coefficient (Wildman–Crippen LogP) is 2.86. The van der Waals surface area contributed by atoms with E-state index in [4.69, 9.17) is 4.74 Å². The Morgan fingerprint density at radius 1 is 0.941 bits per heavy atom. The third kappa shape index (κ3) is 1.92. The molecule has 2 aromatic rings. The Kier molecular flexibility index (Phi) is 2.57. The van der Waals surface area contributed by atoms with Crippen molar-refractivity contribution in [3.05, 3.63) is 65.2 Å². The van der Waals surface area contributed by atoms with Gasteiger partial charge in [-0.25, -0.2) is 0 Å². The molecule has 1 aliphatic heterocycles. The molecule has 0 amide bonds. The molecule has 0 radical (unpaired) electrons. The van der Waals surface area contributed by atoms with Gasteiger partial charge in [0.05, 0.1) is 6.10 Å². The van der Waals surface area contributed by atoms with Crippen molar-refractivity contribution < 1.29 is 9.84 Å². The minimum atomic E-state index is -0.493. The van der Waals surface area contributed by atoms with Crippen LogP contribution in [0.4, 0.5) is 0 Å². The van der Waals surface area contributed by atoms with Crippen molar-refractivity contribution in [3.63, 3.8) is 0 Å². The fraction of sp³-hybridized carbons (Fsp3) is 0.200. The zero-order valence-corrected chi connectivity index (χ0v) is 9.47. The van der Waals surface area contributed by atoms with Crippen LogP contribution in [0.3, 0.4) is 0 Å². The summed E-state index contributed by atoms with van der Waals surface area (Å²) in [5.74, 6) is 0.787. The van der Waals surface area contributed by atoms with Gasteiger partial charge in [0.15, 0.2) is 0 Å². The summed E-state index contributed by atoms with van der Waals surface area (Å²) in [6.45, 7) is 0.569. The van der Waals surface area contributed by atoms with Crippen molar-refractivity contribution in [2.75, 3.05) is 0 Å². The molecular weight excluding hydrogens is 212 g/mol. The molecular formula is C15H14O2. The van der Waals surface area contributed by atoms with Crippen LogP contribution in [-0.4, -0.2) is 5.11 Å². The average molecular weight is 226 g/mol. The zero-order chi connectivity index (χ0) is 11.7. The third-order valence-corrected chi connectivity index (χ3v) is 3.19. The van der Waals surface area contributed by atoms with Crippen LogP contribution in [0.25, 0.3) is 0 Å². The number of aliphatic hydroxyl groups excluding tert-OH is 1. The average Bonchev–Trinajstić information content (AvgIpc) is 2.36. The van der Waals surface area contributed by atoms with Gasteiger partial charge in [-0.1, -0.05) is 42.5 Å². The second kappa shape index (κ2) is 4.22. The Bertz CT molecular complexity index is 534. The fourth-order valence-corrected chi connectivity index (χ4v) is 2.26. The van der Waals surface area contributed by atoms with Crippen molar-refractivity contribution >= 4 is 0 Å². The lowest BCUT2D eigenvalue weighted by Gasteiger charge is -2.21. The molecule has 1 atom stereocenters. The quantitative estimate of drug-likeness (QED) is 0.748. The summed E-state index contributed by atoms with van der Waals surface area (Å²) in [7, 11) is 0. The summed E-state index contributed by atoms with van der Waals surface area (Å²) in [4.78, 5) is 0. The van der Waals surface area contributed by atoms with E-state index in [0.717, 1.165) is 22.4 Å². The number of para-hydroxylation sites is 1. The first-order valence-electron chi connectivity index (χ1n) is 5.81. The lowest BCUT2D eigenvalue weighted by Crippen LogP contribution is -2.11. The van der Waals surface area contributed by atoms with Gasteiger partial charge in [0.25, 0.3) is 0 Å². The Labute approximate surface area is 100 Å². The molecule has 1 heterocycles. The molecule has 1 N–H and O–H groups in total. The lowest BCUT2D eigenvalue weighted by atomic mass is 9.96. The molecule has 0 saturated heterocycles. The number of ether oxygens (including phenoxy) is 1. The van der Waals surface area contributed by atoms with Gasteiger partial charge >= 0.3 is 0 Å². The molecule has 2 nitrogen and oxygen atoms in total. The van der Waals surface area contributed by atoms with Gasteiger partial charge in [-0.2, -0.15) is 0 Å². The van der Waals surface area contributed by atoms with Gasteiger partial charge in [0.2, 0.25) is 0 Å². The van der Waals surface area contributed by atoms with Crippen LogP contribution in [0, 0.1) is 0 Å². The monoisotopic (exact) mass is 226 g/mol. The highest BCUT2D eigenvalue weighted by atomic mass is 16.5. The topological polar surface area (TPSA) is 29.5 Å². The van der Waals surface area contributed by atoms with Crippen molar-refractivity contribution in [1.82, 2.24) is 0 Å². The van der Waals surface area contributed by atoms with E-state index in [1.54, 1.807) is 0 Å². The van der Waals surface area contributed by atoms with Gasteiger partial charge < -0.3 is 9.84 Å². The van der Waals surface area contributed by atoms with Crippen LogP contribution < -0.4 is 4.74 Å². The number of hydrogen-bond acceptors (Lipinski definition) is 2. The Hall–Kier alpha value is -1.80. The van der Waals surface area contributed by atoms with E-state index in [9.17, 15) is 5.11 Å². The lowest BCUT2D eigenvalue weighted by molar-refractivity contribution is 0.165. The maximum absolute atomic E-state index is 10.2. The first kappa shape index (κ1) is 10.4. The minimum Gasteiger partial charge on any atom is -0.489 e. The summed E-state index contributed by atoms with van der Waals surface area (Å²) < 4.78 is 5.77. The molecule has 0 fully saturated rings. The Morgan fingerprint density at radius 3 is 2.53 bits per heavy atom. The van der Waals surface area contributed by atoms with Gasteiger partial charge in [-0.3, -0.25) is 0 Å². The number of aliphatic hydroxyl groups is 1. The predicted molar refractivity (Wildman–Crippen MR) is 65.9 cm³/mol. The number of fused-ring (bicyclic) bond motifs is 2. The van der Waals surface area contributed by atoms with Crippen molar-refractivity contribution in [2.45, 2.75) is 19.1 Å². The molecule has 0 bridgehead atoms. The summed E-state index contributed by atoms with van der Waals surface area (Å²) in [5, 5.41) is 10.2. The van der Waals surface area contributed by atoms with Gasteiger partial charge in [-0.15, -0.1) is 0 Å². The zero-order valence-electron chi connectivity index (χ0n) is 9.47. The molecule has 0 saturated carbocycles. The standard InChI is InChI=1S/C15H14O2/c16-14-9-11-5-1-2-6-12(11)10-17-15-8-4-3-7-13(14)15/h1-8,14,16H,9-10H2. The van der Waals surface area contributed by atoms with E-state index in [0.29, 0.717) is 13.0 Å². The molecule has 0 spiro atoms. The highest BCUT2D eigenvalue weighted by Crippen LogP contribution is 2.31. The molecule has 1 aliphatic rings. The van der Waals surface area contributed by atoms with E-state index < -0.39 is 6.10 Å². The second-order valence-corrected chi connectivity index (χ2v) is 4.32. The highest BCUT2D eigenvalue weighted by Gasteiger charge is 2.18. The molecule has 1 unspecified atom stereocenters. The van der Waals surface area contributed by atoms with Crippen LogP contribution in [0.2, 0.25) is 0 Å². The third-order valence-electron chi connectivity index (χ3n) is 3.19.